The van der Waals surface area contributed by atoms with Crippen LogP contribution in [0.3, 0.4) is 0 Å². The first-order valence-electron chi connectivity index (χ1n) is 12.7. The van der Waals surface area contributed by atoms with Crippen molar-refractivity contribution in [2.75, 3.05) is 25.1 Å². The Morgan fingerprint density at radius 3 is 2.20 bits per heavy atom. The van der Waals surface area contributed by atoms with Gasteiger partial charge in [0.15, 0.2) is 11.5 Å². The first-order valence-corrected chi connectivity index (χ1v) is 15.3. The van der Waals surface area contributed by atoms with Crippen LogP contribution in [0.5, 0.6) is 11.5 Å². The van der Waals surface area contributed by atoms with Crippen LogP contribution < -0.4 is 19.1 Å². The third kappa shape index (κ3) is 8.15. The molecule has 3 rings (SSSR count). The molecule has 1 atom stereocenters. The number of methoxy groups -OCH3 is 2. The molecule has 0 aliphatic carbocycles. The molecule has 3 aromatic rings. The fraction of sp³-hybridized carbons (Fsp3) is 0.310. The van der Waals surface area contributed by atoms with Crippen molar-refractivity contribution in [3.8, 4) is 11.5 Å². The van der Waals surface area contributed by atoms with Crippen LogP contribution in [0.1, 0.15) is 26.3 Å². The van der Waals surface area contributed by atoms with Gasteiger partial charge in [0.1, 0.15) is 12.6 Å². The van der Waals surface area contributed by atoms with Gasteiger partial charge in [0.05, 0.1) is 24.8 Å². The number of ether oxygens (including phenoxy) is 2. The summed E-state index contributed by atoms with van der Waals surface area (Å²) < 4.78 is 40.4. The highest BCUT2D eigenvalue weighted by Crippen LogP contribution is 2.32. The van der Waals surface area contributed by atoms with Crippen molar-refractivity contribution in [3.05, 3.63) is 81.8 Å². The molecule has 1 N–H and O–H groups in total. The Labute approximate surface area is 254 Å². The molecule has 0 saturated heterocycles. The molecule has 9 nitrogen and oxygen atoms in total. The molecule has 0 fully saturated rings. The minimum Gasteiger partial charge on any atom is -0.493 e. The van der Waals surface area contributed by atoms with Crippen LogP contribution in [0, 0.1) is 0 Å². The topological polar surface area (TPSA) is 105 Å². The Morgan fingerprint density at radius 2 is 1.61 bits per heavy atom. The van der Waals surface area contributed by atoms with Crippen molar-refractivity contribution < 1.29 is 27.5 Å². The van der Waals surface area contributed by atoms with Crippen LogP contribution in [0.2, 0.25) is 5.02 Å². The molecule has 0 radical (unpaired) electrons. The van der Waals surface area contributed by atoms with Crippen LogP contribution in [0.4, 0.5) is 5.69 Å². The molecule has 41 heavy (non-hydrogen) atoms. The van der Waals surface area contributed by atoms with Gasteiger partial charge in [-0.2, -0.15) is 0 Å². The molecule has 220 valence electrons. The summed E-state index contributed by atoms with van der Waals surface area (Å²) in [6, 6.07) is 16.6. The van der Waals surface area contributed by atoms with Crippen LogP contribution >= 0.6 is 27.5 Å². The van der Waals surface area contributed by atoms with E-state index in [2.05, 4.69) is 21.2 Å². The minimum absolute atomic E-state index is 0.0792. The molecule has 0 aromatic heterocycles. The Hall–Kier alpha value is -3.28. The van der Waals surface area contributed by atoms with Crippen molar-refractivity contribution in [3.63, 3.8) is 0 Å². The minimum atomic E-state index is -4.30. The zero-order valence-electron chi connectivity index (χ0n) is 23.4. The van der Waals surface area contributed by atoms with E-state index in [1.54, 1.807) is 6.92 Å². The van der Waals surface area contributed by atoms with E-state index in [9.17, 15) is 18.0 Å². The quantitative estimate of drug-likeness (QED) is 0.283. The molecule has 0 aliphatic heterocycles. The number of rotatable bonds is 12. The molecule has 2 amide bonds. The smallest absolute Gasteiger partial charge is 0.264 e. The number of amides is 2. The van der Waals surface area contributed by atoms with E-state index in [1.165, 1.54) is 61.6 Å². The van der Waals surface area contributed by atoms with E-state index in [0.29, 0.717) is 10.8 Å². The van der Waals surface area contributed by atoms with Crippen molar-refractivity contribution in [2.45, 2.75) is 44.3 Å². The lowest BCUT2D eigenvalue weighted by molar-refractivity contribution is -0.139. The number of anilines is 1. The van der Waals surface area contributed by atoms with Crippen molar-refractivity contribution in [1.29, 1.82) is 0 Å². The van der Waals surface area contributed by atoms with E-state index >= 15 is 0 Å². The first kappa shape index (κ1) is 32.2. The normalized spacial score (nSPS) is 12.0. The number of hydrogen-bond acceptors (Lipinski definition) is 6. The van der Waals surface area contributed by atoms with Gasteiger partial charge in [-0.1, -0.05) is 39.7 Å². The molecular weight excluding hydrogens is 634 g/mol. The zero-order chi connectivity index (χ0) is 30.3. The number of benzene rings is 3. The Kier molecular flexibility index (Phi) is 11.1. The van der Waals surface area contributed by atoms with Crippen molar-refractivity contribution in [2.24, 2.45) is 0 Å². The maximum Gasteiger partial charge on any atom is 0.264 e. The summed E-state index contributed by atoms with van der Waals surface area (Å²) in [4.78, 5) is 28.2. The third-order valence-corrected chi connectivity index (χ3v) is 8.69. The largest absolute Gasteiger partial charge is 0.493 e. The summed E-state index contributed by atoms with van der Waals surface area (Å²) in [6.45, 7) is 4.76. The van der Waals surface area contributed by atoms with Gasteiger partial charge in [-0.15, -0.1) is 0 Å². The number of carbonyl (C=O) groups excluding carboxylic acids is 2. The van der Waals surface area contributed by atoms with Gasteiger partial charge >= 0.3 is 0 Å². The van der Waals surface area contributed by atoms with Gasteiger partial charge in [0, 0.05) is 28.1 Å². The molecule has 0 heterocycles. The molecule has 0 bridgehead atoms. The summed E-state index contributed by atoms with van der Waals surface area (Å²) in [5.41, 5.74) is 0.983. The number of nitrogens with zero attached hydrogens (tertiary/aromatic N) is 2. The van der Waals surface area contributed by atoms with Crippen LogP contribution in [-0.2, 0) is 26.2 Å². The van der Waals surface area contributed by atoms with E-state index in [4.69, 9.17) is 21.1 Å². The summed E-state index contributed by atoms with van der Waals surface area (Å²) >= 11 is 9.51. The maximum atomic E-state index is 14.0. The first-order chi connectivity index (χ1) is 19.4. The molecular formula is C29H33BrClN3O6S. The standard InChI is InChI=1S/C29H33BrClN3O6S/c1-19(2)32-29(36)20(3)33(17-21-7-6-8-22(30)15-21)28(35)18-34(24-11-9-23(31)10-12-24)41(37,38)25-13-14-26(39-4)27(16-25)40-5/h6-16,19-20H,17-18H2,1-5H3,(H,32,36). The second kappa shape index (κ2) is 14.1. The van der Waals surface area contributed by atoms with Gasteiger partial charge < -0.3 is 19.7 Å². The maximum absolute atomic E-state index is 14.0. The fourth-order valence-corrected chi connectivity index (χ4v) is 6.06. The molecule has 1 unspecified atom stereocenters. The molecule has 3 aromatic carbocycles. The Balaban J connectivity index is 2.07. The Morgan fingerprint density at radius 1 is 0.951 bits per heavy atom. The number of nitrogens with one attached hydrogen (secondary N) is 1. The fourth-order valence-electron chi connectivity index (χ4n) is 4.06. The second-order valence-corrected chi connectivity index (χ2v) is 12.7. The zero-order valence-corrected chi connectivity index (χ0v) is 26.6. The van der Waals surface area contributed by atoms with Crippen molar-refractivity contribution in [1.82, 2.24) is 10.2 Å². The number of hydrogen-bond donors (Lipinski definition) is 1. The lowest BCUT2D eigenvalue weighted by Gasteiger charge is -2.32. The predicted molar refractivity (Wildman–Crippen MR) is 163 cm³/mol. The second-order valence-electron chi connectivity index (χ2n) is 9.50. The van der Waals surface area contributed by atoms with E-state index in [0.717, 1.165) is 14.3 Å². The lowest BCUT2D eigenvalue weighted by Crippen LogP contribution is -2.52. The van der Waals surface area contributed by atoms with Crippen LogP contribution in [0.15, 0.2) is 76.1 Å². The highest BCUT2D eigenvalue weighted by Gasteiger charge is 2.33. The molecule has 12 heteroatoms. The third-order valence-electron chi connectivity index (χ3n) is 6.18. The summed E-state index contributed by atoms with van der Waals surface area (Å²) in [6.07, 6.45) is 0. The van der Waals surface area contributed by atoms with E-state index in [1.807, 2.05) is 38.1 Å². The molecule has 0 saturated carbocycles. The van der Waals surface area contributed by atoms with Gasteiger partial charge in [-0.3, -0.25) is 13.9 Å². The van der Waals surface area contributed by atoms with Gasteiger partial charge in [-0.05, 0) is 74.9 Å². The average molecular weight is 667 g/mol. The van der Waals surface area contributed by atoms with E-state index in [-0.39, 0.29) is 34.8 Å². The van der Waals surface area contributed by atoms with Gasteiger partial charge in [0.2, 0.25) is 11.8 Å². The van der Waals surface area contributed by atoms with Gasteiger partial charge in [0.25, 0.3) is 10.0 Å². The molecule has 0 aliphatic rings. The number of halogens is 2. The average Bonchev–Trinajstić information content (AvgIpc) is 2.93. The SMILES string of the molecule is COc1ccc(S(=O)(=O)N(CC(=O)N(Cc2cccc(Br)c2)C(C)C(=O)NC(C)C)c2ccc(Cl)cc2)cc1OC. The van der Waals surface area contributed by atoms with Gasteiger partial charge in [-0.25, -0.2) is 8.42 Å². The summed E-state index contributed by atoms with van der Waals surface area (Å²) in [5.74, 6) is -0.364. The van der Waals surface area contributed by atoms with Crippen LogP contribution in [-0.4, -0.2) is 58.0 Å². The lowest BCUT2D eigenvalue weighted by atomic mass is 10.1. The highest BCUT2D eigenvalue weighted by atomic mass is 79.9. The Bertz CT molecular complexity index is 1480. The predicted octanol–water partition coefficient (Wildman–Crippen LogP) is 5.26. The summed E-state index contributed by atoms with van der Waals surface area (Å²) in [5, 5.41) is 3.23. The highest BCUT2D eigenvalue weighted by molar-refractivity contribution is 9.10. The molecule has 0 spiro atoms. The monoisotopic (exact) mass is 665 g/mol. The summed E-state index contributed by atoms with van der Waals surface area (Å²) in [7, 11) is -1.45. The number of carbonyl (C=O) groups is 2. The van der Waals surface area contributed by atoms with Crippen molar-refractivity contribution >= 4 is 55.1 Å². The van der Waals surface area contributed by atoms with Crippen LogP contribution in [0.25, 0.3) is 0 Å². The van der Waals surface area contributed by atoms with E-state index < -0.39 is 28.5 Å². The number of sulfonamides is 1.